The molecule has 0 radical (unpaired) electrons. The highest BCUT2D eigenvalue weighted by Gasteiger charge is 2.53. The molecule has 35 heavy (non-hydrogen) atoms. The van der Waals surface area contributed by atoms with E-state index in [1.165, 1.54) is 4.90 Å². The van der Waals surface area contributed by atoms with Crippen LogP contribution >= 0.6 is 0 Å². The molecule has 4 rings (SSSR count). The van der Waals surface area contributed by atoms with Crippen LogP contribution in [-0.4, -0.2) is 98.0 Å². The van der Waals surface area contributed by atoms with Gasteiger partial charge in [0.25, 0.3) is 5.91 Å². The monoisotopic (exact) mass is 483 g/mol. The Morgan fingerprint density at radius 2 is 1.89 bits per heavy atom. The van der Waals surface area contributed by atoms with Crippen molar-refractivity contribution in [3.8, 4) is 0 Å². The summed E-state index contributed by atoms with van der Waals surface area (Å²) in [5.74, 6) is -0.783. The number of hydrogen-bond donors (Lipinski definition) is 1. The third-order valence-electron chi connectivity index (χ3n) is 6.95. The fourth-order valence-electron chi connectivity index (χ4n) is 5.05. The Morgan fingerprint density at radius 3 is 2.51 bits per heavy atom. The number of carbonyl (C=O) groups excluding carboxylic acids is 3. The molecule has 1 aromatic carbocycles. The molecule has 11 heteroatoms. The summed E-state index contributed by atoms with van der Waals surface area (Å²) in [4.78, 5) is 47.9. The third kappa shape index (κ3) is 5.42. The molecule has 0 aliphatic carbocycles. The number of amides is 2. The number of nitrogens with zero attached hydrogens (tertiary/aromatic N) is 6. The van der Waals surface area contributed by atoms with Gasteiger partial charge in [-0.05, 0) is 49.2 Å². The average molecular weight is 484 g/mol. The van der Waals surface area contributed by atoms with Crippen LogP contribution in [-0.2, 0) is 14.3 Å². The molecule has 188 valence electrons. The van der Waals surface area contributed by atoms with E-state index in [2.05, 4.69) is 32.2 Å². The molecule has 0 aromatic heterocycles. The van der Waals surface area contributed by atoms with Crippen molar-refractivity contribution in [1.29, 1.82) is 0 Å². The normalized spacial score (nSPS) is 25.4. The van der Waals surface area contributed by atoms with Crippen molar-refractivity contribution in [2.45, 2.75) is 44.5 Å². The first-order valence-electron chi connectivity index (χ1n) is 12.1. The fourth-order valence-corrected chi connectivity index (χ4v) is 5.05. The van der Waals surface area contributed by atoms with Crippen LogP contribution in [0.3, 0.4) is 0 Å². The molecule has 11 nitrogen and oxygen atoms in total. The second-order valence-corrected chi connectivity index (χ2v) is 9.94. The zero-order valence-electron chi connectivity index (χ0n) is 20.5. The quantitative estimate of drug-likeness (QED) is 0.355. The van der Waals surface area contributed by atoms with Crippen molar-refractivity contribution in [2.75, 3.05) is 51.3 Å². The topological polar surface area (TPSA) is 131 Å². The minimum Gasteiger partial charge on any atom is -0.369 e. The van der Waals surface area contributed by atoms with Crippen LogP contribution in [0.5, 0.6) is 0 Å². The second-order valence-electron chi connectivity index (χ2n) is 9.94. The van der Waals surface area contributed by atoms with Gasteiger partial charge in [0, 0.05) is 48.9 Å². The zero-order valence-corrected chi connectivity index (χ0v) is 20.5. The third-order valence-corrected chi connectivity index (χ3v) is 6.95. The minimum absolute atomic E-state index is 0.0914. The maximum atomic E-state index is 13.5. The molecule has 3 heterocycles. The van der Waals surface area contributed by atoms with Crippen LogP contribution in [0.25, 0.3) is 10.4 Å². The minimum atomic E-state index is -0.807. The van der Waals surface area contributed by atoms with Gasteiger partial charge in [0.2, 0.25) is 5.91 Å². The lowest BCUT2D eigenvalue weighted by atomic mass is 10.0. The number of nitrogens with one attached hydrogen (secondary N) is 1. The van der Waals surface area contributed by atoms with Crippen LogP contribution in [0.15, 0.2) is 29.4 Å². The lowest BCUT2D eigenvalue weighted by molar-refractivity contribution is -0.138. The Kier molecular flexibility index (Phi) is 7.59. The SMILES string of the molecule is CC(C)C[C@H](NC(=O)c1ccc(N2CCN(C)CC2)cc1)C(=O)N1C[C@@H](N=[N+]=[N-])[C@H]2OCC(=O)[C@H]21. The summed E-state index contributed by atoms with van der Waals surface area (Å²) >= 11 is 0. The summed E-state index contributed by atoms with van der Waals surface area (Å²) in [5, 5.41) is 6.61. The van der Waals surface area contributed by atoms with E-state index in [1.807, 2.05) is 26.0 Å². The first-order valence-corrected chi connectivity index (χ1v) is 12.1. The molecule has 1 N–H and O–H groups in total. The van der Waals surface area contributed by atoms with Gasteiger partial charge in [-0.15, -0.1) is 0 Å². The van der Waals surface area contributed by atoms with E-state index in [1.54, 1.807) is 12.1 Å². The van der Waals surface area contributed by atoms with Gasteiger partial charge >= 0.3 is 0 Å². The fraction of sp³-hybridized carbons (Fsp3) is 0.625. The average Bonchev–Trinajstić information content (AvgIpc) is 3.39. The molecular weight excluding hydrogens is 450 g/mol. The number of likely N-dealkylation sites (tertiary alicyclic amines) is 1. The van der Waals surface area contributed by atoms with E-state index in [0.29, 0.717) is 12.0 Å². The van der Waals surface area contributed by atoms with E-state index in [4.69, 9.17) is 10.3 Å². The first kappa shape index (κ1) is 25.0. The van der Waals surface area contributed by atoms with Gasteiger partial charge in [-0.1, -0.05) is 19.0 Å². The number of anilines is 1. The van der Waals surface area contributed by atoms with Gasteiger partial charge in [0.05, 0.1) is 12.1 Å². The van der Waals surface area contributed by atoms with Crippen molar-refractivity contribution in [3.05, 3.63) is 40.3 Å². The number of likely N-dealkylation sites (N-methyl/N-ethyl adjacent to an activating group) is 1. The standard InChI is InChI=1S/C24H33N7O4/c1-15(2)12-18(24(34)31-13-19(27-28-25)22-21(31)20(32)14-35-22)26-23(33)16-4-6-17(7-5-16)30-10-8-29(3)9-11-30/h4-7,15,18-19,21-22H,8-14H2,1-3H3,(H,26,33)/t18-,19+,21+,22+/m0/s1. The number of piperazine rings is 1. The zero-order chi connectivity index (χ0) is 25.1. The predicted octanol–water partition coefficient (Wildman–Crippen LogP) is 1.44. The van der Waals surface area contributed by atoms with E-state index in [9.17, 15) is 14.4 Å². The lowest BCUT2D eigenvalue weighted by Crippen LogP contribution is -2.52. The number of Topliss-reactive ketones (excluding diaryl/α,β-unsaturated/α-hetero) is 1. The summed E-state index contributed by atoms with van der Waals surface area (Å²) < 4.78 is 5.51. The molecule has 4 atom stereocenters. The largest absolute Gasteiger partial charge is 0.369 e. The van der Waals surface area contributed by atoms with Gasteiger partial charge in [-0.2, -0.15) is 0 Å². The summed E-state index contributed by atoms with van der Waals surface area (Å²) in [6, 6.07) is 5.20. The van der Waals surface area contributed by atoms with Gasteiger partial charge in [0.15, 0.2) is 5.78 Å². The Morgan fingerprint density at radius 1 is 1.20 bits per heavy atom. The maximum Gasteiger partial charge on any atom is 0.251 e. The summed E-state index contributed by atoms with van der Waals surface area (Å²) in [6.07, 6.45) is -0.223. The van der Waals surface area contributed by atoms with E-state index in [0.717, 1.165) is 31.9 Å². The molecule has 0 bridgehead atoms. The molecule has 3 fully saturated rings. The number of carbonyl (C=O) groups is 3. The Labute approximate surface area is 205 Å². The number of rotatable bonds is 7. The van der Waals surface area contributed by atoms with Crippen LogP contribution in [0, 0.1) is 5.92 Å². The maximum absolute atomic E-state index is 13.5. The Balaban J connectivity index is 1.47. The van der Waals surface area contributed by atoms with Crippen LogP contribution in [0.2, 0.25) is 0 Å². The summed E-state index contributed by atoms with van der Waals surface area (Å²) in [6.45, 7) is 7.77. The summed E-state index contributed by atoms with van der Waals surface area (Å²) in [7, 11) is 2.11. The highest BCUT2D eigenvalue weighted by molar-refractivity contribution is 5.99. The van der Waals surface area contributed by atoms with Gasteiger partial charge in [0.1, 0.15) is 18.7 Å². The Hall–Kier alpha value is -3.14. The number of ketones is 1. The number of fused-ring (bicyclic) bond motifs is 1. The van der Waals surface area contributed by atoms with Crippen molar-refractivity contribution in [2.24, 2.45) is 11.0 Å². The van der Waals surface area contributed by atoms with Crippen LogP contribution in [0.4, 0.5) is 5.69 Å². The number of ether oxygens (including phenoxy) is 1. The van der Waals surface area contributed by atoms with E-state index >= 15 is 0 Å². The van der Waals surface area contributed by atoms with Gasteiger partial charge < -0.3 is 24.8 Å². The number of benzene rings is 1. The van der Waals surface area contributed by atoms with Crippen molar-refractivity contribution in [1.82, 2.24) is 15.1 Å². The molecule has 3 aliphatic heterocycles. The summed E-state index contributed by atoms with van der Waals surface area (Å²) in [5.41, 5.74) is 10.4. The highest BCUT2D eigenvalue weighted by Crippen LogP contribution is 2.30. The molecule has 3 saturated heterocycles. The number of hydrogen-bond acceptors (Lipinski definition) is 7. The van der Waals surface area contributed by atoms with Crippen LogP contribution in [0.1, 0.15) is 30.6 Å². The van der Waals surface area contributed by atoms with Crippen molar-refractivity contribution < 1.29 is 19.1 Å². The van der Waals surface area contributed by atoms with Crippen LogP contribution < -0.4 is 10.2 Å². The smallest absolute Gasteiger partial charge is 0.251 e. The Bertz CT molecular complexity index is 1000. The first-order chi connectivity index (χ1) is 16.8. The molecule has 1 aromatic rings. The molecular formula is C24H33N7O4. The molecule has 2 amide bonds. The lowest BCUT2D eigenvalue weighted by Gasteiger charge is -2.34. The number of azide groups is 1. The predicted molar refractivity (Wildman–Crippen MR) is 130 cm³/mol. The molecule has 0 saturated carbocycles. The second kappa shape index (κ2) is 10.6. The highest BCUT2D eigenvalue weighted by atomic mass is 16.5. The van der Waals surface area contributed by atoms with E-state index in [-0.39, 0.29) is 36.7 Å². The van der Waals surface area contributed by atoms with Crippen molar-refractivity contribution >= 4 is 23.3 Å². The molecule has 3 aliphatic rings. The van der Waals surface area contributed by atoms with E-state index < -0.39 is 24.2 Å². The van der Waals surface area contributed by atoms with Gasteiger partial charge in [-0.3, -0.25) is 14.4 Å². The molecule has 0 unspecified atom stereocenters. The molecule has 0 spiro atoms. The van der Waals surface area contributed by atoms with Gasteiger partial charge in [-0.25, -0.2) is 0 Å². The van der Waals surface area contributed by atoms with Crippen molar-refractivity contribution in [3.63, 3.8) is 0 Å².